The number of sulfonamides is 2. The lowest BCUT2D eigenvalue weighted by Crippen LogP contribution is -2.56. The molecule has 0 atom stereocenters. The molecule has 2 fully saturated rings. The Bertz CT molecular complexity index is 924. The first kappa shape index (κ1) is 23.9. The van der Waals surface area contributed by atoms with Gasteiger partial charge < -0.3 is 4.74 Å². The van der Waals surface area contributed by atoms with Gasteiger partial charge in [-0.1, -0.05) is 18.7 Å². The van der Waals surface area contributed by atoms with Crippen LogP contribution in [-0.2, 0) is 29.6 Å². The Kier molecular flexibility index (Phi) is 7.27. The molecule has 0 saturated carbocycles. The second-order valence-electron chi connectivity index (χ2n) is 7.46. The number of hydrogen-bond acceptors (Lipinski definition) is 6. The Morgan fingerprint density at radius 3 is 2.17 bits per heavy atom. The number of allylic oxidation sites excluding steroid dienone is 4. The lowest BCUT2D eigenvalue weighted by molar-refractivity contribution is -0.113. The van der Waals surface area contributed by atoms with E-state index in [4.69, 9.17) is 4.74 Å². The second-order valence-corrected chi connectivity index (χ2v) is 11.9. The van der Waals surface area contributed by atoms with Gasteiger partial charge in [0.25, 0.3) is 0 Å². The van der Waals surface area contributed by atoms with E-state index in [0.29, 0.717) is 12.2 Å². The van der Waals surface area contributed by atoms with Gasteiger partial charge in [-0.15, -0.1) is 0 Å². The highest BCUT2D eigenvalue weighted by Crippen LogP contribution is 2.38. The fourth-order valence-electron chi connectivity index (χ4n) is 3.53. The van der Waals surface area contributed by atoms with Crippen molar-refractivity contribution in [2.24, 2.45) is 0 Å². The number of piperidine rings is 1. The molecule has 0 aliphatic carbocycles. The first-order valence-corrected chi connectivity index (χ1v) is 12.5. The minimum atomic E-state index is -3.82. The van der Waals surface area contributed by atoms with Gasteiger partial charge in [-0.25, -0.2) is 16.8 Å². The number of nitrogens with zero attached hydrogens (tertiary/aromatic N) is 2. The van der Waals surface area contributed by atoms with Gasteiger partial charge >= 0.3 is 0 Å². The van der Waals surface area contributed by atoms with E-state index in [9.17, 15) is 21.6 Å². The van der Waals surface area contributed by atoms with Crippen LogP contribution in [0.4, 0.5) is 0 Å². The number of Topliss-reactive ketones (excluding diaryl/α,β-unsaturated/α-hetero) is 1. The van der Waals surface area contributed by atoms with Gasteiger partial charge in [-0.3, -0.25) is 4.79 Å². The monoisotopic (exact) mass is 446 g/mol. The molecule has 2 saturated heterocycles. The topological polar surface area (TPSA) is 101 Å². The van der Waals surface area contributed by atoms with E-state index < -0.39 is 31.0 Å². The van der Waals surface area contributed by atoms with Crippen LogP contribution in [0, 0.1) is 0 Å². The summed E-state index contributed by atoms with van der Waals surface area (Å²) in [6.07, 6.45) is 4.86. The van der Waals surface area contributed by atoms with Crippen molar-refractivity contribution in [1.82, 2.24) is 8.61 Å². The smallest absolute Gasteiger partial charge is 0.242 e. The average molecular weight is 447 g/mol. The highest BCUT2D eigenvalue weighted by atomic mass is 32.2. The fraction of sp³-hybridized carbons (Fsp3) is 0.632. The molecule has 0 radical (unpaired) electrons. The number of ether oxygens (including phenoxy) is 1. The second kappa shape index (κ2) is 8.81. The number of carbonyl (C=O) groups is 1. The third-order valence-electron chi connectivity index (χ3n) is 5.36. The molecule has 2 rings (SSSR count). The zero-order valence-corrected chi connectivity index (χ0v) is 19.1. The Hall–Kier alpha value is -1.33. The molecule has 0 aromatic carbocycles. The largest absolute Gasteiger partial charge is 0.358 e. The summed E-state index contributed by atoms with van der Waals surface area (Å²) in [5.41, 5.74) is -0.591. The molecule has 0 N–H and O–H groups in total. The molecule has 0 amide bonds. The molecule has 2 aliphatic rings. The summed E-state index contributed by atoms with van der Waals surface area (Å²) in [5.74, 6) is -0.168. The van der Waals surface area contributed by atoms with Gasteiger partial charge in [-0.2, -0.15) is 8.61 Å². The van der Waals surface area contributed by atoms with Gasteiger partial charge in [0, 0.05) is 38.0 Å². The van der Waals surface area contributed by atoms with Gasteiger partial charge in [0.2, 0.25) is 20.0 Å². The van der Waals surface area contributed by atoms with Crippen molar-refractivity contribution in [2.75, 3.05) is 26.2 Å². The predicted molar refractivity (Wildman–Crippen MR) is 112 cm³/mol. The first-order valence-electron chi connectivity index (χ1n) is 9.58. The summed E-state index contributed by atoms with van der Waals surface area (Å²) in [4.78, 5) is 11.3. The Balaban J connectivity index is 2.14. The van der Waals surface area contributed by atoms with E-state index in [0.717, 1.165) is 0 Å². The highest BCUT2D eigenvalue weighted by molar-refractivity contribution is 7.93. The molecular weight excluding hydrogens is 416 g/mol. The molecule has 164 valence electrons. The molecular formula is C19H30N2O6S2. The summed E-state index contributed by atoms with van der Waals surface area (Å²) in [5, 5.41) is -0.574. The zero-order valence-electron chi connectivity index (χ0n) is 17.4. The van der Waals surface area contributed by atoms with Crippen LogP contribution in [0.3, 0.4) is 0 Å². The van der Waals surface area contributed by atoms with Crippen LogP contribution in [0.5, 0.6) is 0 Å². The number of ketones is 1. The van der Waals surface area contributed by atoms with Crippen LogP contribution in [0.25, 0.3) is 0 Å². The number of hydrogen-bond donors (Lipinski definition) is 0. The minimum Gasteiger partial charge on any atom is -0.358 e. The lowest BCUT2D eigenvalue weighted by Gasteiger charge is -2.42. The van der Waals surface area contributed by atoms with Crippen molar-refractivity contribution in [3.8, 4) is 0 Å². The standard InChI is InChI=1S/C19H30N2O6S2/c1-6-18(17(5)22)8-7-16(4)29(25,26)20-11-9-19(10-12-20)21(13-14-27-19)28(23,24)15(2)3/h6-8,15H,4,9-14H2,1-3,5H3. The van der Waals surface area contributed by atoms with E-state index in [1.807, 2.05) is 0 Å². The fourth-order valence-corrected chi connectivity index (χ4v) is 6.30. The number of carbonyl (C=O) groups excluding carboxylic acids is 1. The maximum absolute atomic E-state index is 12.8. The third kappa shape index (κ3) is 4.72. The van der Waals surface area contributed by atoms with Crippen LogP contribution in [0.1, 0.15) is 40.5 Å². The first-order chi connectivity index (χ1) is 13.4. The molecule has 29 heavy (non-hydrogen) atoms. The Morgan fingerprint density at radius 1 is 1.10 bits per heavy atom. The minimum absolute atomic E-state index is 0.118. The molecule has 0 unspecified atom stereocenters. The SMILES string of the molecule is C=C(C=CC(=CC)C(C)=O)S(=O)(=O)N1CCC2(CC1)OCCN2S(=O)(=O)C(C)C. The van der Waals surface area contributed by atoms with Crippen molar-refractivity contribution >= 4 is 25.8 Å². The normalized spacial score (nSPS) is 22.0. The molecule has 8 nitrogen and oxygen atoms in total. The molecule has 2 aliphatic heterocycles. The van der Waals surface area contributed by atoms with Gasteiger partial charge in [0.1, 0.15) is 5.72 Å². The molecule has 2 heterocycles. The van der Waals surface area contributed by atoms with Crippen molar-refractivity contribution in [1.29, 1.82) is 0 Å². The van der Waals surface area contributed by atoms with Crippen LogP contribution in [-0.4, -0.2) is 68.4 Å². The summed E-state index contributed by atoms with van der Waals surface area (Å²) in [6, 6.07) is 0. The average Bonchev–Trinajstić information content (AvgIpc) is 3.05. The highest BCUT2D eigenvalue weighted by Gasteiger charge is 2.51. The summed E-state index contributed by atoms with van der Waals surface area (Å²) in [6.45, 7) is 10.8. The predicted octanol–water partition coefficient (Wildman–Crippen LogP) is 1.78. The molecule has 10 heteroatoms. The van der Waals surface area contributed by atoms with Gasteiger partial charge in [0.15, 0.2) is 5.78 Å². The van der Waals surface area contributed by atoms with Gasteiger partial charge in [-0.05, 0) is 33.8 Å². The van der Waals surface area contributed by atoms with Crippen LogP contribution in [0.15, 0.2) is 35.3 Å². The zero-order chi connectivity index (χ0) is 22.0. The van der Waals surface area contributed by atoms with Crippen molar-refractivity contribution in [3.63, 3.8) is 0 Å². The molecule has 0 aromatic rings. The molecule has 1 spiro atoms. The number of rotatable bonds is 7. The Labute approximate surface area is 174 Å². The van der Waals surface area contributed by atoms with E-state index >= 15 is 0 Å². The quantitative estimate of drug-likeness (QED) is 0.436. The van der Waals surface area contributed by atoms with Crippen LogP contribution < -0.4 is 0 Å². The van der Waals surface area contributed by atoms with Crippen molar-refractivity contribution in [3.05, 3.63) is 35.3 Å². The Morgan fingerprint density at radius 2 is 1.69 bits per heavy atom. The molecule has 0 aromatic heterocycles. The van der Waals surface area contributed by atoms with E-state index in [2.05, 4.69) is 6.58 Å². The van der Waals surface area contributed by atoms with Crippen molar-refractivity contribution < 1.29 is 26.4 Å². The van der Waals surface area contributed by atoms with Crippen LogP contribution >= 0.6 is 0 Å². The van der Waals surface area contributed by atoms with E-state index in [1.54, 1.807) is 26.8 Å². The maximum Gasteiger partial charge on any atom is 0.242 e. The van der Waals surface area contributed by atoms with Crippen molar-refractivity contribution in [2.45, 2.75) is 51.5 Å². The summed E-state index contributed by atoms with van der Waals surface area (Å²) in [7, 11) is -7.33. The van der Waals surface area contributed by atoms with E-state index in [-0.39, 0.29) is 43.2 Å². The lowest BCUT2D eigenvalue weighted by atomic mass is 10.0. The molecule has 0 bridgehead atoms. The van der Waals surface area contributed by atoms with Crippen LogP contribution in [0.2, 0.25) is 0 Å². The van der Waals surface area contributed by atoms with Gasteiger partial charge in [0.05, 0.1) is 16.8 Å². The maximum atomic E-state index is 12.8. The summed E-state index contributed by atoms with van der Waals surface area (Å²) < 4.78 is 59.6. The summed E-state index contributed by atoms with van der Waals surface area (Å²) >= 11 is 0. The van der Waals surface area contributed by atoms with E-state index in [1.165, 1.54) is 27.7 Å². The third-order valence-corrected chi connectivity index (χ3v) is 9.53.